The average molecular weight is 440 g/mol. The van der Waals surface area contributed by atoms with Crippen molar-refractivity contribution in [2.75, 3.05) is 25.0 Å². The van der Waals surface area contributed by atoms with E-state index in [9.17, 15) is 18.0 Å². The minimum absolute atomic E-state index is 0.0328. The Morgan fingerprint density at radius 3 is 2.60 bits per heavy atom. The molecule has 30 heavy (non-hydrogen) atoms. The van der Waals surface area contributed by atoms with Crippen molar-refractivity contribution in [1.29, 1.82) is 0 Å². The Balaban J connectivity index is 1.50. The molecular weight excluding hydrogens is 415 g/mol. The largest absolute Gasteiger partial charge is 0.418 e. The molecule has 0 saturated carbocycles. The van der Waals surface area contributed by atoms with Gasteiger partial charge in [-0.15, -0.1) is 0 Å². The van der Waals surface area contributed by atoms with Gasteiger partial charge in [-0.3, -0.25) is 9.69 Å². The summed E-state index contributed by atoms with van der Waals surface area (Å²) in [4.78, 5) is 14.6. The number of carbonyl (C=O) groups excluding carboxylic acids is 1. The Morgan fingerprint density at radius 2 is 1.93 bits per heavy atom. The lowest BCUT2D eigenvalue weighted by molar-refractivity contribution is -0.137. The molecule has 4 nitrogen and oxygen atoms in total. The number of rotatable bonds is 6. The van der Waals surface area contributed by atoms with Crippen LogP contribution in [0.5, 0.6) is 0 Å². The molecule has 0 bridgehead atoms. The van der Waals surface area contributed by atoms with Crippen molar-refractivity contribution in [2.24, 2.45) is 5.92 Å². The summed E-state index contributed by atoms with van der Waals surface area (Å²) in [7, 11) is 0. The summed E-state index contributed by atoms with van der Waals surface area (Å²) in [6.45, 7) is 4.74. The molecule has 2 unspecified atom stereocenters. The molecule has 1 aliphatic heterocycles. The van der Waals surface area contributed by atoms with Gasteiger partial charge < -0.3 is 10.6 Å². The molecule has 1 aliphatic rings. The molecule has 0 radical (unpaired) electrons. The van der Waals surface area contributed by atoms with Crippen LogP contribution >= 0.6 is 11.6 Å². The lowest BCUT2D eigenvalue weighted by Gasteiger charge is -2.37. The molecule has 1 fully saturated rings. The number of amides is 1. The second kappa shape index (κ2) is 9.81. The van der Waals surface area contributed by atoms with Crippen molar-refractivity contribution in [3.63, 3.8) is 0 Å². The first-order chi connectivity index (χ1) is 14.2. The Hall–Kier alpha value is -2.09. The van der Waals surface area contributed by atoms with Gasteiger partial charge in [0.2, 0.25) is 5.91 Å². The predicted molar refractivity (Wildman–Crippen MR) is 112 cm³/mol. The van der Waals surface area contributed by atoms with E-state index in [1.807, 2.05) is 18.2 Å². The Bertz CT molecular complexity index is 860. The fourth-order valence-electron chi connectivity index (χ4n) is 3.80. The molecule has 2 aromatic carbocycles. The number of likely N-dealkylation sites (tertiary alicyclic amines) is 1. The van der Waals surface area contributed by atoms with E-state index in [1.54, 1.807) is 0 Å². The van der Waals surface area contributed by atoms with Gasteiger partial charge in [-0.05, 0) is 42.6 Å². The summed E-state index contributed by atoms with van der Waals surface area (Å²) in [6, 6.07) is 13.7. The fourth-order valence-corrected chi connectivity index (χ4v) is 3.97. The molecule has 1 saturated heterocycles. The van der Waals surface area contributed by atoms with Gasteiger partial charge >= 0.3 is 6.18 Å². The lowest BCUT2D eigenvalue weighted by atomic mass is 9.93. The standard InChI is InChI=1S/C22H25ClF3N3O/c1-15-13-29(14-16-5-3-2-4-6-16)10-9-19(15)27-12-21(30)28-20-8-7-17(23)11-18(20)22(24,25)26/h2-8,11,15,19,27H,9-10,12-14H2,1H3,(H,28,30). The second-order valence-electron chi connectivity index (χ2n) is 7.71. The Kier molecular flexibility index (Phi) is 7.39. The van der Waals surface area contributed by atoms with Crippen LogP contribution in [-0.4, -0.2) is 36.5 Å². The molecule has 0 aromatic heterocycles. The molecular formula is C22H25ClF3N3O. The van der Waals surface area contributed by atoms with Crippen LogP contribution in [0.15, 0.2) is 48.5 Å². The van der Waals surface area contributed by atoms with Crippen LogP contribution in [0.2, 0.25) is 5.02 Å². The summed E-state index contributed by atoms with van der Waals surface area (Å²) >= 11 is 5.67. The van der Waals surface area contributed by atoms with E-state index in [0.29, 0.717) is 5.92 Å². The Labute approximate surface area is 179 Å². The van der Waals surface area contributed by atoms with E-state index < -0.39 is 17.6 Å². The van der Waals surface area contributed by atoms with Gasteiger partial charge in [0.25, 0.3) is 0 Å². The van der Waals surface area contributed by atoms with Gasteiger partial charge in [-0.25, -0.2) is 0 Å². The van der Waals surface area contributed by atoms with Gasteiger partial charge in [0, 0.05) is 24.2 Å². The SMILES string of the molecule is CC1CN(Cc2ccccc2)CCC1NCC(=O)Nc1ccc(Cl)cc1C(F)(F)F. The minimum atomic E-state index is -4.60. The summed E-state index contributed by atoms with van der Waals surface area (Å²) in [5.74, 6) is -0.196. The maximum atomic E-state index is 13.2. The Morgan fingerprint density at radius 1 is 1.20 bits per heavy atom. The maximum absolute atomic E-state index is 13.2. The first-order valence-electron chi connectivity index (χ1n) is 9.88. The zero-order valence-corrected chi connectivity index (χ0v) is 17.4. The van der Waals surface area contributed by atoms with Crippen molar-refractivity contribution in [3.05, 3.63) is 64.7 Å². The van der Waals surface area contributed by atoms with Crippen LogP contribution < -0.4 is 10.6 Å². The minimum Gasteiger partial charge on any atom is -0.324 e. The number of alkyl halides is 3. The number of nitrogens with zero attached hydrogens (tertiary/aromatic N) is 1. The molecule has 0 aliphatic carbocycles. The molecule has 162 valence electrons. The van der Waals surface area contributed by atoms with Crippen molar-refractivity contribution in [3.8, 4) is 0 Å². The number of benzene rings is 2. The van der Waals surface area contributed by atoms with E-state index in [0.717, 1.165) is 32.1 Å². The number of anilines is 1. The highest BCUT2D eigenvalue weighted by Gasteiger charge is 2.34. The number of hydrogen-bond donors (Lipinski definition) is 2. The third kappa shape index (κ3) is 6.20. The van der Waals surface area contributed by atoms with Crippen molar-refractivity contribution in [1.82, 2.24) is 10.2 Å². The molecule has 3 rings (SSSR count). The average Bonchev–Trinajstić information content (AvgIpc) is 2.69. The first-order valence-corrected chi connectivity index (χ1v) is 10.3. The van der Waals surface area contributed by atoms with Crippen molar-refractivity contribution < 1.29 is 18.0 Å². The van der Waals surface area contributed by atoms with E-state index >= 15 is 0 Å². The molecule has 1 amide bonds. The fraction of sp³-hybridized carbons (Fsp3) is 0.409. The summed E-state index contributed by atoms with van der Waals surface area (Å²) in [5.41, 5.74) is 0.0225. The summed E-state index contributed by atoms with van der Waals surface area (Å²) < 4.78 is 39.5. The van der Waals surface area contributed by atoms with E-state index in [2.05, 4.69) is 34.6 Å². The van der Waals surface area contributed by atoms with Gasteiger partial charge in [0.05, 0.1) is 17.8 Å². The van der Waals surface area contributed by atoms with Crippen LogP contribution in [0.1, 0.15) is 24.5 Å². The number of nitrogens with one attached hydrogen (secondary N) is 2. The summed E-state index contributed by atoms with van der Waals surface area (Å²) in [5, 5.41) is 5.52. The third-order valence-electron chi connectivity index (χ3n) is 5.32. The van der Waals surface area contributed by atoms with Gasteiger partial charge in [-0.1, -0.05) is 48.9 Å². The molecule has 2 N–H and O–H groups in total. The second-order valence-corrected chi connectivity index (χ2v) is 8.15. The van der Waals surface area contributed by atoms with Crippen LogP contribution in [0.25, 0.3) is 0 Å². The van der Waals surface area contributed by atoms with Gasteiger partial charge in [-0.2, -0.15) is 13.2 Å². The molecule has 8 heteroatoms. The number of carbonyl (C=O) groups is 1. The normalized spacial score (nSPS) is 20.2. The first kappa shape index (κ1) is 22.6. The van der Waals surface area contributed by atoms with E-state index in [4.69, 9.17) is 11.6 Å². The van der Waals surface area contributed by atoms with Crippen molar-refractivity contribution >= 4 is 23.2 Å². The van der Waals surface area contributed by atoms with Crippen LogP contribution in [0.4, 0.5) is 18.9 Å². The molecule has 2 aromatic rings. The van der Waals surface area contributed by atoms with Crippen LogP contribution in [-0.2, 0) is 17.5 Å². The highest BCUT2D eigenvalue weighted by molar-refractivity contribution is 6.30. The quantitative estimate of drug-likeness (QED) is 0.679. The lowest BCUT2D eigenvalue weighted by Crippen LogP contribution is -2.49. The molecule has 0 spiro atoms. The van der Waals surface area contributed by atoms with Gasteiger partial charge in [0.1, 0.15) is 0 Å². The zero-order valence-electron chi connectivity index (χ0n) is 16.7. The zero-order chi connectivity index (χ0) is 21.7. The van der Waals surface area contributed by atoms with E-state index in [1.165, 1.54) is 17.7 Å². The highest BCUT2D eigenvalue weighted by Crippen LogP contribution is 2.36. The predicted octanol–water partition coefficient (Wildman–Crippen LogP) is 4.80. The maximum Gasteiger partial charge on any atom is 0.418 e. The van der Waals surface area contributed by atoms with Gasteiger partial charge in [0.15, 0.2) is 0 Å². The molecule has 1 heterocycles. The molecule has 2 atom stereocenters. The number of piperidine rings is 1. The number of halogens is 4. The highest BCUT2D eigenvalue weighted by atomic mass is 35.5. The monoisotopic (exact) mass is 439 g/mol. The topological polar surface area (TPSA) is 44.4 Å². The third-order valence-corrected chi connectivity index (χ3v) is 5.56. The van der Waals surface area contributed by atoms with Crippen LogP contribution in [0.3, 0.4) is 0 Å². The van der Waals surface area contributed by atoms with Crippen LogP contribution in [0, 0.1) is 5.92 Å². The number of hydrogen-bond acceptors (Lipinski definition) is 3. The van der Waals surface area contributed by atoms with Crippen molar-refractivity contribution in [2.45, 2.75) is 32.1 Å². The summed E-state index contributed by atoms with van der Waals surface area (Å²) in [6.07, 6.45) is -3.73. The van der Waals surface area contributed by atoms with E-state index in [-0.39, 0.29) is 23.3 Å². The smallest absolute Gasteiger partial charge is 0.324 e.